The molecule has 2 aromatic rings. The summed E-state index contributed by atoms with van der Waals surface area (Å²) >= 11 is 0. The molecule has 0 spiro atoms. The topological polar surface area (TPSA) is 101 Å². The van der Waals surface area contributed by atoms with Crippen molar-refractivity contribution < 1.29 is 14.1 Å². The largest absolute Gasteiger partial charge is 0.353 e. The summed E-state index contributed by atoms with van der Waals surface area (Å²) < 4.78 is 5.23. The van der Waals surface area contributed by atoms with E-state index in [-0.39, 0.29) is 23.8 Å². The van der Waals surface area contributed by atoms with Gasteiger partial charge in [-0.25, -0.2) is 0 Å². The number of hydrogen-bond acceptors (Lipinski definition) is 6. The molecule has 0 unspecified atom stereocenters. The SMILES string of the molecule is O=C(NC1CCN(C(=O)CCc2nc(-c3ccccn3)no2)CC1)C1CC1. The standard InChI is InChI=1S/C19H23N5O3/c25-17(24-11-8-14(9-12-24)21-19(26)13-4-5-13)7-6-16-22-18(23-27-16)15-3-1-2-10-20-15/h1-3,10,13-14H,4-9,11-12H2,(H,21,26). The van der Waals surface area contributed by atoms with Gasteiger partial charge in [0.2, 0.25) is 23.5 Å². The van der Waals surface area contributed by atoms with E-state index in [1.165, 1.54) is 0 Å². The molecule has 0 radical (unpaired) electrons. The summed E-state index contributed by atoms with van der Waals surface area (Å²) in [6, 6.07) is 5.69. The highest BCUT2D eigenvalue weighted by Gasteiger charge is 2.32. The van der Waals surface area contributed by atoms with Crippen molar-refractivity contribution in [3.63, 3.8) is 0 Å². The Hall–Kier alpha value is -2.77. The number of nitrogens with one attached hydrogen (secondary N) is 1. The number of aromatic nitrogens is 3. The molecule has 8 heteroatoms. The molecular weight excluding hydrogens is 346 g/mol. The van der Waals surface area contributed by atoms with E-state index < -0.39 is 0 Å². The van der Waals surface area contributed by atoms with Crippen molar-refractivity contribution >= 4 is 11.8 Å². The number of likely N-dealkylation sites (tertiary alicyclic amines) is 1. The number of carbonyl (C=O) groups excluding carboxylic acids is 2. The van der Waals surface area contributed by atoms with Crippen LogP contribution in [0.5, 0.6) is 0 Å². The lowest BCUT2D eigenvalue weighted by atomic mass is 10.0. The summed E-state index contributed by atoms with van der Waals surface area (Å²) in [6.07, 6.45) is 6.08. The van der Waals surface area contributed by atoms with Crippen LogP contribution in [0.4, 0.5) is 0 Å². The summed E-state index contributed by atoms with van der Waals surface area (Å²) in [5, 5.41) is 7.02. The molecule has 4 rings (SSSR count). The van der Waals surface area contributed by atoms with Crippen LogP contribution < -0.4 is 5.32 Å². The molecular formula is C19H23N5O3. The van der Waals surface area contributed by atoms with Crippen LogP contribution in [-0.2, 0) is 16.0 Å². The lowest BCUT2D eigenvalue weighted by Crippen LogP contribution is -2.47. The molecule has 0 aromatic carbocycles. The Morgan fingerprint density at radius 1 is 1.19 bits per heavy atom. The predicted octanol–water partition coefficient (Wildman–Crippen LogP) is 1.58. The van der Waals surface area contributed by atoms with Crippen LogP contribution in [0.1, 0.15) is 38.0 Å². The second-order valence-corrected chi connectivity index (χ2v) is 7.16. The van der Waals surface area contributed by atoms with E-state index in [1.807, 2.05) is 23.1 Å². The Labute approximate surface area is 157 Å². The fourth-order valence-corrected chi connectivity index (χ4v) is 3.27. The maximum absolute atomic E-state index is 12.4. The summed E-state index contributed by atoms with van der Waals surface area (Å²) in [5.74, 6) is 1.37. The molecule has 1 aliphatic heterocycles. The lowest BCUT2D eigenvalue weighted by Gasteiger charge is -2.32. The third kappa shape index (κ3) is 4.50. The average Bonchev–Trinajstić information content (AvgIpc) is 3.46. The minimum absolute atomic E-state index is 0.0829. The zero-order valence-electron chi connectivity index (χ0n) is 15.1. The van der Waals surface area contributed by atoms with Crippen molar-refractivity contribution in [2.24, 2.45) is 5.92 Å². The lowest BCUT2D eigenvalue weighted by molar-refractivity contribution is -0.132. The molecule has 0 bridgehead atoms. The van der Waals surface area contributed by atoms with Crippen LogP contribution in [0.2, 0.25) is 0 Å². The Balaban J connectivity index is 1.22. The second kappa shape index (κ2) is 7.85. The van der Waals surface area contributed by atoms with Crippen LogP contribution in [0.25, 0.3) is 11.5 Å². The zero-order valence-corrected chi connectivity index (χ0v) is 15.1. The smallest absolute Gasteiger partial charge is 0.227 e. The third-order valence-electron chi connectivity index (χ3n) is 5.06. The van der Waals surface area contributed by atoms with Crippen molar-refractivity contribution in [1.82, 2.24) is 25.3 Å². The van der Waals surface area contributed by atoms with Gasteiger partial charge in [0.15, 0.2) is 0 Å². The number of nitrogens with zero attached hydrogens (tertiary/aromatic N) is 4. The van der Waals surface area contributed by atoms with Crippen molar-refractivity contribution in [3.05, 3.63) is 30.3 Å². The maximum Gasteiger partial charge on any atom is 0.227 e. The van der Waals surface area contributed by atoms with Crippen molar-refractivity contribution in [2.45, 2.75) is 44.6 Å². The summed E-state index contributed by atoms with van der Waals surface area (Å²) in [4.78, 5) is 34.6. The van der Waals surface area contributed by atoms with Gasteiger partial charge in [-0.3, -0.25) is 14.6 Å². The van der Waals surface area contributed by atoms with Crippen LogP contribution in [0.3, 0.4) is 0 Å². The van der Waals surface area contributed by atoms with Gasteiger partial charge < -0.3 is 14.7 Å². The van der Waals surface area contributed by atoms with E-state index in [1.54, 1.807) is 6.20 Å². The molecule has 8 nitrogen and oxygen atoms in total. The van der Waals surface area contributed by atoms with Gasteiger partial charge in [0.05, 0.1) is 0 Å². The van der Waals surface area contributed by atoms with Crippen LogP contribution in [0.15, 0.2) is 28.9 Å². The first kappa shape index (κ1) is 17.6. The highest BCUT2D eigenvalue weighted by molar-refractivity contribution is 5.81. The predicted molar refractivity (Wildman–Crippen MR) is 96.3 cm³/mol. The van der Waals surface area contributed by atoms with E-state index in [2.05, 4.69) is 20.4 Å². The van der Waals surface area contributed by atoms with Gasteiger partial charge in [-0.2, -0.15) is 4.98 Å². The number of rotatable bonds is 6. The Bertz CT molecular complexity index is 795. The zero-order chi connectivity index (χ0) is 18.6. The second-order valence-electron chi connectivity index (χ2n) is 7.16. The number of piperidine rings is 1. The molecule has 1 saturated heterocycles. The summed E-state index contributed by atoms with van der Waals surface area (Å²) in [5.41, 5.74) is 0.647. The maximum atomic E-state index is 12.4. The highest BCUT2D eigenvalue weighted by atomic mass is 16.5. The van der Waals surface area contributed by atoms with Crippen LogP contribution >= 0.6 is 0 Å². The average molecular weight is 369 g/mol. The Kier molecular flexibility index (Phi) is 5.13. The first-order chi connectivity index (χ1) is 13.2. The van der Waals surface area contributed by atoms with Crippen molar-refractivity contribution in [3.8, 4) is 11.5 Å². The van der Waals surface area contributed by atoms with E-state index in [0.717, 1.165) is 25.7 Å². The molecule has 1 saturated carbocycles. The first-order valence-electron chi connectivity index (χ1n) is 9.51. The fraction of sp³-hybridized carbons (Fsp3) is 0.526. The number of hydrogen-bond donors (Lipinski definition) is 1. The number of aryl methyl sites for hydroxylation is 1. The minimum Gasteiger partial charge on any atom is -0.353 e. The third-order valence-corrected chi connectivity index (χ3v) is 5.06. The molecule has 2 amide bonds. The monoisotopic (exact) mass is 369 g/mol. The minimum atomic E-state index is 0.0829. The number of pyridine rings is 1. The molecule has 2 aliphatic rings. The molecule has 1 aliphatic carbocycles. The van der Waals surface area contributed by atoms with E-state index in [0.29, 0.717) is 43.3 Å². The molecule has 142 valence electrons. The van der Waals surface area contributed by atoms with Gasteiger partial charge in [-0.15, -0.1) is 0 Å². The van der Waals surface area contributed by atoms with Gasteiger partial charge >= 0.3 is 0 Å². The normalized spacial score (nSPS) is 17.7. The summed E-state index contributed by atoms with van der Waals surface area (Å²) in [6.45, 7) is 1.36. The molecule has 3 heterocycles. The van der Waals surface area contributed by atoms with Crippen molar-refractivity contribution in [1.29, 1.82) is 0 Å². The molecule has 27 heavy (non-hydrogen) atoms. The quantitative estimate of drug-likeness (QED) is 0.830. The summed E-state index contributed by atoms with van der Waals surface area (Å²) in [7, 11) is 0. The van der Waals surface area contributed by atoms with Crippen LogP contribution in [-0.4, -0.2) is 51.0 Å². The van der Waals surface area contributed by atoms with E-state index in [4.69, 9.17) is 4.52 Å². The molecule has 0 atom stereocenters. The van der Waals surface area contributed by atoms with Crippen LogP contribution in [0, 0.1) is 5.92 Å². The van der Waals surface area contributed by atoms with Gasteiger partial charge in [0, 0.05) is 44.1 Å². The Morgan fingerprint density at radius 2 is 2.00 bits per heavy atom. The van der Waals surface area contributed by atoms with Gasteiger partial charge in [0.1, 0.15) is 5.69 Å². The number of carbonyl (C=O) groups is 2. The first-order valence-corrected chi connectivity index (χ1v) is 9.51. The van der Waals surface area contributed by atoms with E-state index in [9.17, 15) is 9.59 Å². The molecule has 2 aromatic heterocycles. The van der Waals surface area contributed by atoms with Gasteiger partial charge in [-0.1, -0.05) is 11.2 Å². The van der Waals surface area contributed by atoms with Crippen molar-refractivity contribution in [2.75, 3.05) is 13.1 Å². The fourth-order valence-electron chi connectivity index (χ4n) is 3.27. The van der Waals surface area contributed by atoms with E-state index >= 15 is 0 Å². The Morgan fingerprint density at radius 3 is 2.70 bits per heavy atom. The number of amides is 2. The van der Waals surface area contributed by atoms with Gasteiger partial charge in [0.25, 0.3) is 0 Å². The molecule has 2 fully saturated rings. The molecule has 1 N–H and O–H groups in total. The highest BCUT2D eigenvalue weighted by Crippen LogP contribution is 2.29. The van der Waals surface area contributed by atoms with Gasteiger partial charge in [-0.05, 0) is 37.8 Å².